The summed E-state index contributed by atoms with van der Waals surface area (Å²) < 4.78 is 9.10. The van der Waals surface area contributed by atoms with Crippen molar-refractivity contribution in [1.82, 2.24) is 0 Å². The second-order valence-corrected chi connectivity index (χ2v) is 1.73. The molecule has 0 aliphatic heterocycles. The summed E-state index contributed by atoms with van der Waals surface area (Å²) in [5.41, 5.74) is 0. The number of hydrogen-bond acceptors (Lipinski definition) is 3. The molecule has 0 bridgehead atoms. The van der Waals surface area contributed by atoms with E-state index in [4.69, 9.17) is 0 Å². The Bertz CT molecular complexity index is 73.7. The molecule has 8 heavy (non-hydrogen) atoms. The summed E-state index contributed by atoms with van der Waals surface area (Å²) in [4.78, 5) is 10.3. The highest BCUT2D eigenvalue weighted by molar-refractivity contribution is 6.05. The quantitative estimate of drug-likeness (QED) is 0.457. The van der Waals surface area contributed by atoms with Crippen molar-refractivity contribution in [3.8, 4) is 0 Å². The molecule has 0 unspecified atom stereocenters. The first-order chi connectivity index (χ1) is 3.81. The largest absolute Gasteiger partial charge is 0.529 e. The molecule has 0 saturated carbocycles. The normalized spacial score (nSPS) is 9.12. The molecule has 0 saturated heterocycles. The molecule has 0 rings (SSSR count). The number of carbonyl (C=O) groups is 1. The van der Waals surface area contributed by atoms with Gasteiger partial charge in [0.15, 0.2) is 0 Å². The Hall–Kier alpha value is -0.353. The summed E-state index contributed by atoms with van der Waals surface area (Å²) in [5.74, 6) is -0.168. The minimum Gasteiger partial charge on any atom is -0.529 e. The van der Waals surface area contributed by atoms with E-state index in [2.05, 4.69) is 9.16 Å². The van der Waals surface area contributed by atoms with Gasteiger partial charge in [0, 0.05) is 7.11 Å². The van der Waals surface area contributed by atoms with E-state index < -0.39 is 0 Å². The van der Waals surface area contributed by atoms with Crippen molar-refractivity contribution in [3.63, 3.8) is 0 Å². The Labute approximate surface area is 51.5 Å². The van der Waals surface area contributed by atoms with Gasteiger partial charge in [-0.25, -0.2) is 0 Å². The molecular formula is C4H10O3Si. The fourth-order valence-corrected chi connectivity index (χ4v) is 0.492. The van der Waals surface area contributed by atoms with Crippen LogP contribution in [0.4, 0.5) is 0 Å². The van der Waals surface area contributed by atoms with Crippen molar-refractivity contribution in [2.24, 2.45) is 0 Å². The van der Waals surface area contributed by atoms with Crippen LogP contribution in [0, 0.1) is 0 Å². The molecule has 0 aliphatic rings. The van der Waals surface area contributed by atoms with Gasteiger partial charge >= 0.3 is 0 Å². The van der Waals surface area contributed by atoms with Gasteiger partial charge in [-0.1, -0.05) is 0 Å². The van der Waals surface area contributed by atoms with E-state index in [0.717, 1.165) is 0 Å². The Kier molecular flexibility index (Phi) is 4.59. The van der Waals surface area contributed by atoms with Gasteiger partial charge in [-0.2, -0.15) is 0 Å². The molecule has 0 aromatic rings. The molecule has 0 atom stereocenters. The number of rotatable bonds is 3. The average Bonchev–Trinajstić information content (AvgIpc) is 1.83. The Morgan fingerprint density at radius 1 is 1.75 bits per heavy atom. The van der Waals surface area contributed by atoms with E-state index in [-0.39, 0.29) is 5.97 Å². The zero-order valence-electron chi connectivity index (χ0n) is 5.14. The lowest BCUT2D eigenvalue weighted by Gasteiger charge is -1.95. The molecule has 0 N–H and O–H groups in total. The van der Waals surface area contributed by atoms with Gasteiger partial charge in [-0.05, 0) is 0 Å². The third-order valence-electron chi connectivity index (χ3n) is 0.738. The Balaban J connectivity index is 2.99. The highest BCUT2D eigenvalue weighted by atomic mass is 28.2. The molecule has 4 heteroatoms. The van der Waals surface area contributed by atoms with Crippen LogP contribution in [0.25, 0.3) is 0 Å². The molecule has 0 amide bonds. The van der Waals surface area contributed by atoms with E-state index in [1.807, 2.05) is 0 Å². The maximum Gasteiger partial charge on any atom is 0.294 e. The molecule has 0 fully saturated rings. The summed E-state index contributed by atoms with van der Waals surface area (Å²) in [6, 6.07) is 0. The first-order valence-corrected chi connectivity index (χ1v) is 3.18. The minimum absolute atomic E-state index is 0.168. The van der Waals surface area contributed by atoms with Crippen LogP contribution in [-0.2, 0) is 14.0 Å². The highest BCUT2D eigenvalue weighted by Gasteiger charge is 1.94. The second kappa shape index (κ2) is 4.80. The molecule has 3 nitrogen and oxygen atoms in total. The van der Waals surface area contributed by atoms with Crippen LogP contribution < -0.4 is 0 Å². The monoisotopic (exact) mass is 134 g/mol. The van der Waals surface area contributed by atoms with Gasteiger partial charge in [0.1, 0.15) is 0 Å². The third-order valence-corrected chi connectivity index (χ3v) is 1.19. The van der Waals surface area contributed by atoms with E-state index >= 15 is 0 Å². The van der Waals surface area contributed by atoms with Gasteiger partial charge < -0.3 is 9.16 Å². The van der Waals surface area contributed by atoms with E-state index in [9.17, 15) is 4.79 Å². The van der Waals surface area contributed by atoms with Crippen molar-refractivity contribution in [3.05, 3.63) is 0 Å². The standard InChI is InChI=1S/C4H10O3Si/c1-6-3-2-4(5)7-8/h2-3H2,1,8H3. The van der Waals surface area contributed by atoms with Gasteiger partial charge in [0.25, 0.3) is 5.97 Å². The molecule has 0 radical (unpaired) electrons. The van der Waals surface area contributed by atoms with Crippen LogP contribution in [0.3, 0.4) is 0 Å². The minimum atomic E-state index is -0.168. The average molecular weight is 134 g/mol. The maximum atomic E-state index is 10.3. The van der Waals surface area contributed by atoms with E-state index in [1.54, 1.807) is 7.11 Å². The fraction of sp³-hybridized carbons (Fsp3) is 0.750. The van der Waals surface area contributed by atoms with Crippen molar-refractivity contribution >= 4 is 16.5 Å². The molecule has 0 spiro atoms. The number of hydrogen-bond donors (Lipinski definition) is 0. The summed E-state index contributed by atoms with van der Waals surface area (Å²) in [7, 11) is 2.04. The predicted octanol–water partition coefficient (Wildman–Crippen LogP) is -1.15. The highest BCUT2D eigenvalue weighted by Crippen LogP contribution is 1.81. The molecular weight excluding hydrogens is 124 g/mol. The number of methoxy groups -OCH3 is 1. The van der Waals surface area contributed by atoms with Crippen molar-refractivity contribution < 1.29 is 14.0 Å². The van der Waals surface area contributed by atoms with Gasteiger partial charge in [-0.15, -0.1) is 0 Å². The fourth-order valence-electron chi connectivity index (χ4n) is 0.287. The van der Waals surface area contributed by atoms with Gasteiger partial charge in [0.2, 0.25) is 10.5 Å². The van der Waals surface area contributed by atoms with E-state index in [1.165, 1.54) is 0 Å². The third kappa shape index (κ3) is 3.82. The maximum absolute atomic E-state index is 10.3. The lowest BCUT2D eigenvalue weighted by atomic mass is 10.5. The Morgan fingerprint density at radius 2 is 2.38 bits per heavy atom. The zero-order valence-corrected chi connectivity index (χ0v) is 7.14. The first kappa shape index (κ1) is 7.65. The summed E-state index contributed by atoms with van der Waals surface area (Å²) >= 11 is 0. The van der Waals surface area contributed by atoms with Crippen LogP contribution in [0.5, 0.6) is 0 Å². The molecule has 0 aromatic carbocycles. The number of ether oxygens (including phenoxy) is 1. The van der Waals surface area contributed by atoms with Gasteiger partial charge in [-0.3, -0.25) is 4.79 Å². The molecule has 0 aromatic heterocycles. The topological polar surface area (TPSA) is 35.5 Å². The summed E-state index contributed by atoms with van der Waals surface area (Å²) in [6.07, 6.45) is 0.375. The van der Waals surface area contributed by atoms with Gasteiger partial charge in [0.05, 0.1) is 13.0 Å². The van der Waals surface area contributed by atoms with Crippen molar-refractivity contribution in [1.29, 1.82) is 0 Å². The molecule has 0 aliphatic carbocycles. The summed E-state index contributed by atoms with van der Waals surface area (Å²) in [6.45, 7) is 0.459. The Morgan fingerprint density at radius 3 is 2.75 bits per heavy atom. The predicted molar refractivity (Wildman–Crippen MR) is 32.5 cm³/mol. The lowest BCUT2D eigenvalue weighted by molar-refractivity contribution is -0.134. The van der Waals surface area contributed by atoms with E-state index in [0.29, 0.717) is 23.5 Å². The van der Waals surface area contributed by atoms with Crippen LogP contribution in [0.1, 0.15) is 6.42 Å². The van der Waals surface area contributed by atoms with Crippen LogP contribution >= 0.6 is 0 Å². The molecule has 0 heterocycles. The van der Waals surface area contributed by atoms with Crippen LogP contribution in [-0.4, -0.2) is 30.2 Å². The zero-order chi connectivity index (χ0) is 6.41. The second-order valence-electron chi connectivity index (χ2n) is 1.32. The smallest absolute Gasteiger partial charge is 0.294 e. The van der Waals surface area contributed by atoms with Crippen molar-refractivity contribution in [2.45, 2.75) is 6.42 Å². The number of carbonyl (C=O) groups excluding carboxylic acids is 1. The van der Waals surface area contributed by atoms with Crippen molar-refractivity contribution in [2.75, 3.05) is 13.7 Å². The molecule has 48 valence electrons. The SMILES string of the molecule is COCCC(=O)O[SiH3]. The first-order valence-electron chi connectivity index (χ1n) is 2.37. The van der Waals surface area contributed by atoms with Crippen LogP contribution in [0.15, 0.2) is 0 Å². The van der Waals surface area contributed by atoms with Crippen LogP contribution in [0.2, 0.25) is 0 Å². The summed E-state index contributed by atoms with van der Waals surface area (Å²) in [5, 5.41) is 0. The lowest BCUT2D eigenvalue weighted by Crippen LogP contribution is -2.04.